The zero-order valence-corrected chi connectivity index (χ0v) is 21.6. The van der Waals surface area contributed by atoms with Crippen LogP contribution in [0.15, 0.2) is 42.5 Å². The van der Waals surface area contributed by atoms with E-state index < -0.39 is 29.7 Å². The Kier molecular flexibility index (Phi) is 6.42. The van der Waals surface area contributed by atoms with Gasteiger partial charge in [0, 0.05) is 25.1 Å². The zero-order chi connectivity index (χ0) is 27.2. The summed E-state index contributed by atoms with van der Waals surface area (Å²) in [7, 11) is 0. The largest absolute Gasteiger partial charge is 0.444 e. The molecule has 2 atom stereocenters. The van der Waals surface area contributed by atoms with Crippen molar-refractivity contribution in [3.8, 4) is 0 Å². The summed E-state index contributed by atoms with van der Waals surface area (Å²) in [5.74, 6) is -1.37. The molecule has 198 valence electrons. The van der Waals surface area contributed by atoms with E-state index in [1.807, 2.05) is 30.3 Å². The summed E-state index contributed by atoms with van der Waals surface area (Å²) in [5.41, 5.74) is 3.00. The third kappa shape index (κ3) is 4.85. The van der Waals surface area contributed by atoms with Crippen LogP contribution < -0.4 is 10.6 Å². The van der Waals surface area contributed by atoms with Gasteiger partial charge in [-0.25, -0.2) is 4.79 Å². The van der Waals surface area contributed by atoms with Crippen LogP contribution in [0, 0.1) is 0 Å². The van der Waals surface area contributed by atoms with E-state index in [-0.39, 0.29) is 43.8 Å². The van der Waals surface area contributed by atoms with Crippen molar-refractivity contribution in [2.24, 2.45) is 0 Å². The second kappa shape index (κ2) is 9.59. The minimum atomic E-state index is -0.819. The third-order valence-electron chi connectivity index (χ3n) is 6.93. The summed E-state index contributed by atoms with van der Waals surface area (Å²) in [6.07, 6.45) is -0.0682. The van der Waals surface area contributed by atoms with E-state index in [9.17, 15) is 24.0 Å². The van der Waals surface area contributed by atoms with Crippen LogP contribution in [0.1, 0.15) is 72.3 Å². The van der Waals surface area contributed by atoms with E-state index in [1.54, 1.807) is 32.9 Å². The van der Waals surface area contributed by atoms with Gasteiger partial charge in [-0.3, -0.25) is 29.4 Å². The lowest BCUT2D eigenvalue weighted by Crippen LogP contribution is -2.52. The first-order chi connectivity index (χ1) is 18.0. The fraction of sp³-hybridized carbons (Fsp3) is 0.393. The Balaban J connectivity index is 1.29. The first-order valence-electron chi connectivity index (χ1n) is 12.6. The second-order valence-electron chi connectivity index (χ2n) is 10.8. The predicted octanol–water partition coefficient (Wildman–Crippen LogP) is 2.56. The molecule has 2 unspecified atom stereocenters. The number of fused-ring (bicyclic) bond motifs is 2. The number of rotatable bonds is 4. The zero-order valence-electron chi connectivity index (χ0n) is 21.6. The Morgan fingerprint density at radius 3 is 2.55 bits per heavy atom. The summed E-state index contributed by atoms with van der Waals surface area (Å²) < 4.78 is 5.55. The van der Waals surface area contributed by atoms with E-state index in [4.69, 9.17) is 4.74 Å². The van der Waals surface area contributed by atoms with Crippen molar-refractivity contribution in [1.29, 1.82) is 0 Å². The number of imide groups is 1. The molecule has 3 aliphatic rings. The maximum atomic E-state index is 13.4. The molecule has 0 spiro atoms. The van der Waals surface area contributed by atoms with Gasteiger partial charge in [0.1, 0.15) is 17.7 Å². The molecule has 38 heavy (non-hydrogen) atoms. The lowest BCUT2D eigenvalue weighted by Gasteiger charge is -2.29. The fourth-order valence-electron chi connectivity index (χ4n) is 5.18. The first kappa shape index (κ1) is 25.4. The number of ether oxygens (including phenoxy) is 1. The second-order valence-corrected chi connectivity index (χ2v) is 10.8. The molecule has 3 heterocycles. The van der Waals surface area contributed by atoms with Gasteiger partial charge in [-0.2, -0.15) is 0 Å². The molecule has 5 amide bonds. The number of nitrogens with one attached hydrogen (secondary N) is 2. The molecule has 10 nitrogen and oxygen atoms in total. The summed E-state index contributed by atoms with van der Waals surface area (Å²) in [6, 6.07) is 11.2. The van der Waals surface area contributed by atoms with Crippen molar-refractivity contribution in [1.82, 2.24) is 20.4 Å². The fourth-order valence-corrected chi connectivity index (χ4v) is 5.18. The highest BCUT2D eigenvalue weighted by molar-refractivity contribution is 6.05. The molecular formula is C28H30N4O6. The molecule has 2 aromatic rings. The van der Waals surface area contributed by atoms with Crippen LogP contribution in [-0.2, 0) is 38.8 Å². The summed E-state index contributed by atoms with van der Waals surface area (Å²) in [5, 5.41) is 5.23. The van der Waals surface area contributed by atoms with Gasteiger partial charge in [0.25, 0.3) is 5.91 Å². The van der Waals surface area contributed by atoms with Crippen molar-refractivity contribution in [3.05, 3.63) is 70.3 Å². The number of piperidine rings is 1. The normalized spacial score (nSPS) is 20.7. The molecule has 1 saturated heterocycles. The monoisotopic (exact) mass is 518 g/mol. The van der Waals surface area contributed by atoms with Crippen molar-refractivity contribution in [2.75, 3.05) is 0 Å². The molecule has 2 N–H and O–H groups in total. The van der Waals surface area contributed by atoms with E-state index in [1.165, 1.54) is 9.80 Å². The number of amides is 5. The minimum absolute atomic E-state index is 0.193. The Labute approximate surface area is 220 Å². The van der Waals surface area contributed by atoms with Gasteiger partial charge in [0.05, 0.1) is 6.54 Å². The SMILES string of the molecule is CC(C)(C)OC(=O)N1Cc2ccccc2C1C(=O)NCc1ccc2c(c1)CN(C1CCC(=O)NC1=O)C2=O. The average molecular weight is 519 g/mol. The van der Waals surface area contributed by atoms with Gasteiger partial charge in [0.15, 0.2) is 0 Å². The number of nitrogens with zero attached hydrogens (tertiary/aromatic N) is 2. The summed E-state index contributed by atoms with van der Waals surface area (Å²) >= 11 is 0. The van der Waals surface area contributed by atoms with Gasteiger partial charge >= 0.3 is 6.09 Å². The Bertz CT molecular complexity index is 1350. The molecule has 10 heteroatoms. The smallest absolute Gasteiger partial charge is 0.411 e. The molecule has 0 bridgehead atoms. The van der Waals surface area contributed by atoms with Gasteiger partial charge in [-0.15, -0.1) is 0 Å². The van der Waals surface area contributed by atoms with Gasteiger partial charge in [-0.05, 0) is 55.5 Å². The molecule has 5 rings (SSSR count). The maximum absolute atomic E-state index is 13.4. The number of carbonyl (C=O) groups excluding carboxylic acids is 5. The maximum Gasteiger partial charge on any atom is 0.411 e. The van der Waals surface area contributed by atoms with Crippen molar-refractivity contribution in [3.63, 3.8) is 0 Å². The standard InChI is InChI=1S/C28H30N4O6/c1-28(2,3)38-27(37)32-14-17-6-4-5-7-19(17)23(32)25(35)29-13-16-8-9-20-18(12-16)15-31(26(20)36)21-10-11-22(33)30-24(21)34/h4-9,12,21,23H,10-11,13-15H2,1-3H3,(H,29,35)(H,30,33,34). The summed E-state index contributed by atoms with van der Waals surface area (Å²) in [4.78, 5) is 65.9. The molecule has 2 aromatic carbocycles. The van der Waals surface area contributed by atoms with Crippen LogP contribution in [0.3, 0.4) is 0 Å². The Morgan fingerprint density at radius 1 is 1.05 bits per heavy atom. The van der Waals surface area contributed by atoms with E-state index in [0.29, 0.717) is 12.0 Å². The highest BCUT2D eigenvalue weighted by Gasteiger charge is 2.41. The van der Waals surface area contributed by atoms with Gasteiger partial charge < -0.3 is 15.0 Å². The highest BCUT2D eigenvalue weighted by Crippen LogP contribution is 2.35. The van der Waals surface area contributed by atoms with Gasteiger partial charge in [0.2, 0.25) is 17.7 Å². The Hall–Kier alpha value is -4.21. The van der Waals surface area contributed by atoms with Crippen LogP contribution in [0.4, 0.5) is 4.79 Å². The average Bonchev–Trinajstić information content (AvgIpc) is 3.40. The quantitative estimate of drug-likeness (QED) is 0.600. The van der Waals surface area contributed by atoms with Crippen LogP contribution in [0.25, 0.3) is 0 Å². The molecule has 0 radical (unpaired) electrons. The van der Waals surface area contributed by atoms with Crippen molar-refractivity contribution in [2.45, 2.75) is 70.9 Å². The topological polar surface area (TPSA) is 125 Å². The molecule has 0 aliphatic carbocycles. The number of hydrogen-bond donors (Lipinski definition) is 2. The minimum Gasteiger partial charge on any atom is -0.444 e. The van der Waals surface area contributed by atoms with Crippen LogP contribution in [-0.4, -0.2) is 51.2 Å². The molecule has 3 aliphatic heterocycles. The molecular weight excluding hydrogens is 488 g/mol. The molecule has 0 saturated carbocycles. The van der Waals surface area contributed by atoms with E-state index in [0.717, 1.165) is 22.3 Å². The first-order valence-corrected chi connectivity index (χ1v) is 12.6. The lowest BCUT2D eigenvalue weighted by atomic mass is 10.0. The molecule has 0 aromatic heterocycles. The van der Waals surface area contributed by atoms with E-state index in [2.05, 4.69) is 10.6 Å². The van der Waals surface area contributed by atoms with Crippen LogP contribution >= 0.6 is 0 Å². The number of benzene rings is 2. The highest BCUT2D eigenvalue weighted by atomic mass is 16.6. The van der Waals surface area contributed by atoms with Crippen LogP contribution in [0.2, 0.25) is 0 Å². The predicted molar refractivity (Wildman–Crippen MR) is 135 cm³/mol. The number of carbonyl (C=O) groups is 5. The van der Waals surface area contributed by atoms with E-state index >= 15 is 0 Å². The lowest BCUT2D eigenvalue weighted by molar-refractivity contribution is -0.137. The summed E-state index contributed by atoms with van der Waals surface area (Å²) in [6.45, 7) is 6.07. The third-order valence-corrected chi connectivity index (χ3v) is 6.93. The van der Waals surface area contributed by atoms with Crippen molar-refractivity contribution < 1.29 is 28.7 Å². The Morgan fingerprint density at radius 2 is 1.82 bits per heavy atom. The number of hydrogen-bond acceptors (Lipinski definition) is 6. The van der Waals surface area contributed by atoms with Crippen LogP contribution in [0.5, 0.6) is 0 Å². The van der Waals surface area contributed by atoms with Gasteiger partial charge in [-0.1, -0.05) is 36.4 Å². The molecule has 1 fully saturated rings. The van der Waals surface area contributed by atoms with Crippen molar-refractivity contribution >= 4 is 29.7 Å².